The van der Waals surface area contributed by atoms with Crippen molar-refractivity contribution in [2.75, 3.05) is 0 Å². The number of hydrogen-bond acceptors (Lipinski definition) is 3. The van der Waals surface area contributed by atoms with Gasteiger partial charge in [-0.15, -0.1) is 0 Å². The smallest absolute Gasteiger partial charge is 0.263 e. The SMILES string of the molecule is C=C/C=C\c1c(C)c2nc(-n3c4ccccc4c4cc(-c5ccc6c(c5)c5ccccc5n6-c5ccccc5)ccc43)ncc2n(-c2ccccc2)c1=O. The van der Waals surface area contributed by atoms with Crippen LogP contribution in [0.25, 0.3) is 89.2 Å². The zero-order chi connectivity index (χ0) is 36.3. The minimum absolute atomic E-state index is 0.132. The molecule has 0 unspecified atom stereocenters. The highest BCUT2D eigenvalue weighted by Crippen LogP contribution is 2.38. The zero-order valence-electron chi connectivity index (χ0n) is 29.5. The van der Waals surface area contributed by atoms with Gasteiger partial charge in [0.2, 0.25) is 5.95 Å². The van der Waals surface area contributed by atoms with Gasteiger partial charge in [0.1, 0.15) is 0 Å². The van der Waals surface area contributed by atoms with E-state index in [2.05, 4.69) is 125 Å². The second-order valence-electron chi connectivity index (χ2n) is 13.5. The Morgan fingerprint density at radius 3 is 1.69 bits per heavy atom. The Morgan fingerprint density at radius 1 is 0.556 bits per heavy atom. The molecule has 0 fully saturated rings. The Kier molecular flexibility index (Phi) is 7.23. The molecule has 0 atom stereocenters. The standard InChI is InChI=1S/C48H33N5O/c1-3-4-19-36-31(2)46-45(52(47(36)54)35-17-9-6-10-18-35)30-49-48(50-46)53-42-23-14-12-21-38(42)40-29-33(25-27-44(40)53)32-24-26-43-39(28-32)37-20-11-13-22-41(37)51(43)34-15-7-5-8-16-34/h3-30H,1H2,2H3/b19-4-. The van der Waals surface area contributed by atoms with Crippen LogP contribution in [0.4, 0.5) is 0 Å². The van der Waals surface area contributed by atoms with Gasteiger partial charge in [-0.1, -0.05) is 104 Å². The van der Waals surface area contributed by atoms with Crippen LogP contribution in [-0.2, 0) is 0 Å². The Bertz CT molecular complexity index is 3200. The Balaban J connectivity index is 1.17. The molecule has 0 radical (unpaired) electrons. The molecule has 0 aliphatic carbocycles. The molecular weight excluding hydrogens is 663 g/mol. The van der Waals surface area contributed by atoms with Gasteiger partial charge in [-0.05, 0) is 90.4 Å². The van der Waals surface area contributed by atoms with Crippen LogP contribution in [0.2, 0.25) is 0 Å². The summed E-state index contributed by atoms with van der Waals surface area (Å²) >= 11 is 0. The van der Waals surface area contributed by atoms with E-state index in [1.807, 2.05) is 49.4 Å². The monoisotopic (exact) mass is 695 g/mol. The third-order valence-electron chi connectivity index (χ3n) is 10.5. The van der Waals surface area contributed by atoms with Crippen LogP contribution in [0.3, 0.4) is 0 Å². The van der Waals surface area contributed by atoms with E-state index in [1.165, 1.54) is 21.8 Å². The summed E-state index contributed by atoms with van der Waals surface area (Å²) < 4.78 is 6.16. The molecule has 0 bridgehead atoms. The highest BCUT2D eigenvalue weighted by Gasteiger charge is 2.20. The second-order valence-corrected chi connectivity index (χ2v) is 13.5. The number of aryl methyl sites for hydroxylation is 1. The van der Waals surface area contributed by atoms with Gasteiger partial charge < -0.3 is 4.57 Å². The van der Waals surface area contributed by atoms with Crippen LogP contribution < -0.4 is 5.56 Å². The predicted molar refractivity (Wildman–Crippen MR) is 223 cm³/mol. The first-order chi connectivity index (χ1) is 26.6. The first-order valence-corrected chi connectivity index (χ1v) is 18.0. The molecule has 0 amide bonds. The molecule has 0 spiro atoms. The summed E-state index contributed by atoms with van der Waals surface area (Å²) in [6.07, 6.45) is 7.05. The van der Waals surface area contributed by atoms with Crippen molar-refractivity contribution in [3.63, 3.8) is 0 Å². The van der Waals surface area contributed by atoms with E-state index in [1.54, 1.807) is 22.9 Å². The molecule has 10 aromatic rings. The maximum absolute atomic E-state index is 13.9. The third-order valence-corrected chi connectivity index (χ3v) is 10.5. The zero-order valence-corrected chi connectivity index (χ0v) is 29.5. The summed E-state index contributed by atoms with van der Waals surface area (Å²) in [4.78, 5) is 24.1. The lowest BCUT2D eigenvalue weighted by Crippen LogP contribution is -2.23. The van der Waals surface area contributed by atoms with Crippen molar-refractivity contribution >= 4 is 60.7 Å². The van der Waals surface area contributed by atoms with Gasteiger partial charge in [0.25, 0.3) is 5.56 Å². The fourth-order valence-electron chi connectivity index (χ4n) is 8.00. The van der Waals surface area contributed by atoms with Crippen molar-refractivity contribution in [3.8, 4) is 28.5 Å². The maximum atomic E-state index is 13.9. The highest BCUT2D eigenvalue weighted by molar-refractivity contribution is 6.12. The lowest BCUT2D eigenvalue weighted by molar-refractivity contribution is 0.970. The number of nitrogens with zero attached hydrogens (tertiary/aromatic N) is 5. The largest absolute Gasteiger partial charge is 0.309 e. The summed E-state index contributed by atoms with van der Waals surface area (Å²) in [6, 6.07) is 50.6. The molecule has 6 aromatic carbocycles. The Labute approximate surface area is 310 Å². The van der Waals surface area contributed by atoms with Crippen LogP contribution in [0.5, 0.6) is 0 Å². The van der Waals surface area contributed by atoms with Crippen LogP contribution in [0, 0.1) is 6.92 Å². The van der Waals surface area contributed by atoms with Crippen LogP contribution in [0.1, 0.15) is 11.1 Å². The minimum Gasteiger partial charge on any atom is -0.309 e. The molecule has 6 nitrogen and oxygen atoms in total. The molecule has 10 rings (SSSR count). The number of aromatic nitrogens is 5. The average Bonchev–Trinajstić information content (AvgIpc) is 3.74. The first kappa shape index (κ1) is 31.4. The van der Waals surface area contributed by atoms with Crippen molar-refractivity contribution in [1.82, 2.24) is 23.7 Å². The van der Waals surface area contributed by atoms with E-state index in [0.29, 0.717) is 22.5 Å². The molecule has 0 N–H and O–H groups in total. The van der Waals surface area contributed by atoms with Crippen LogP contribution in [-0.4, -0.2) is 23.7 Å². The number of rotatable bonds is 6. The molecule has 6 heteroatoms. The second kappa shape index (κ2) is 12.4. The Hall–Kier alpha value is -7.31. The van der Waals surface area contributed by atoms with Crippen LogP contribution in [0.15, 0.2) is 175 Å². The van der Waals surface area contributed by atoms with Crippen molar-refractivity contribution in [3.05, 3.63) is 192 Å². The van der Waals surface area contributed by atoms with E-state index in [4.69, 9.17) is 9.97 Å². The van der Waals surface area contributed by atoms with Crippen molar-refractivity contribution in [2.24, 2.45) is 0 Å². The van der Waals surface area contributed by atoms with E-state index in [9.17, 15) is 4.79 Å². The quantitative estimate of drug-likeness (QED) is 0.163. The number of para-hydroxylation sites is 4. The minimum atomic E-state index is -0.132. The van der Waals surface area contributed by atoms with Gasteiger partial charge in [0.15, 0.2) is 0 Å². The number of benzene rings is 6. The van der Waals surface area contributed by atoms with E-state index in [0.717, 1.165) is 49.9 Å². The summed E-state index contributed by atoms with van der Waals surface area (Å²) in [5, 5.41) is 4.66. The van der Waals surface area contributed by atoms with Gasteiger partial charge in [-0.25, -0.2) is 9.97 Å². The number of allylic oxidation sites excluding steroid dienone is 2. The first-order valence-electron chi connectivity index (χ1n) is 18.0. The number of fused-ring (bicyclic) bond motifs is 7. The summed E-state index contributed by atoms with van der Waals surface area (Å²) in [5.74, 6) is 0.539. The van der Waals surface area contributed by atoms with Crippen molar-refractivity contribution in [1.29, 1.82) is 0 Å². The topological polar surface area (TPSA) is 57.6 Å². The third kappa shape index (κ3) is 4.77. The fraction of sp³-hybridized carbons (Fsp3) is 0.0208. The molecule has 4 aromatic heterocycles. The molecule has 4 heterocycles. The van der Waals surface area contributed by atoms with E-state index >= 15 is 0 Å². The molecule has 0 aliphatic rings. The summed E-state index contributed by atoms with van der Waals surface area (Å²) in [7, 11) is 0. The van der Waals surface area contributed by atoms with E-state index in [-0.39, 0.29) is 5.56 Å². The average molecular weight is 696 g/mol. The lowest BCUT2D eigenvalue weighted by atomic mass is 10.0. The molecular formula is C48H33N5O. The Morgan fingerprint density at radius 2 is 1.07 bits per heavy atom. The summed E-state index contributed by atoms with van der Waals surface area (Å²) in [5.41, 5.74) is 11.1. The molecule has 54 heavy (non-hydrogen) atoms. The normalized spacial score (nSPS) is 11.9. The predicted octanol–water partition coefficient (Wildman–Crippen LogP) is 11.1. The van der Waals surface area contributed by atoms with E-state index < -0.39 is 0 Å². The highest BCUT2D eigenvalue weighted by atomic mass is 16.1. The van der Waals surface area contributed by atoms with Gasteiger partial charge in [0, 0.05) is 38.5 Å². The van der Waals surface area contributed by atoms with Crippen molar-refractivity contribution in [2.45, 2.75) is 6.92 Å². The maximum Gasteiger partial charge on any atom is 0.263 e. The lowest BCUT2D eigenvalue weighted by Gasteiger charge is -2.15. The molecule has 0 saturated carbocycles. The van der Waals surface area contributed by atoms with Gasteiger partial charge >= 0.3 is 0 Å². The fourth-order valence-corrected chi connectivity index (χ4v) is 8.00. The van der Waals surface area contributed by atoms with Gasteiger partial charge in [-0.3, -0.25) is 13.9 Å². The van der Waals surface area contributed by atoms with Gasteiger partial charge in [0.05, 0.1) is 39.3 Å². The van der Waals surface area contributed by atoms with Gasteiger partial charge in [-0.2, -0.15) is 0 Å². The number of pyridine rings is 1. The summed E-state index contributed by atoms with van der Waals surface area (Å²) in [6.45, 7) is 5.77. The molecule has 0 aliphatic heterocycles. The molecule has 0 saturated heterocycles. The molecule has 256 valence electrons. The van der Waals surface area contributed by atoms with Crippen LogP contribution >= 0.6 is 0 Å². The number of hydrogen-bond donors (Lipinski definition) is 0. The van der Waals surface area contributed by atoms with Crippen molar-refractivity contribution < 1.29 is 0 Å².